The molecule has 0 aliphatic heterocycles. The number of hydrogen-bond donors (Lipinski definition) is 0. The molecule has 0 aromatic carbocycles. The first-order valence-corrected chi connectivity index (χ1v) is 5.41. The van der Waals surface area contributed by atoms with Crippen molar-refractivity contribution in [1.82, 2.24) is 0 Å². The lowest BCUT2D eigenvalue weighted by Gasteiger charge is -1.94. The minimum absolute atomic E-state index is 0.861. The molecule has 78 valence electrons. The van der Waals surface area contributed by atoms with Gasteiger partial charge in [-0.25, -0.2) is 0 Å². The van der Waals surface area contributed by atoms with Gasteiger partial charge in [0.25, 0.3) is 0 Å². The smallest absolute Gasteiger partial charge is 0.0465 e. The summed E-state index contributed by atoms with van der Waals surface area (Å²) in [6, 6.07) is 0. The summed E-state index contributed by atoms with van der Waals surface area (Å²) in [5.41, 5.74) is 0. The minimum atomic E-state index is 0.861. The van der Waals surface area contributed by atoms with Gasteiger partial charge in [-0.15, -0.1) is 0 Å². The second kappa shape index (κ2) is 30.6. The predicted octanol–water partition coefficient (Wildman–Crippen LogP) is 4.27. The molecular weight excluding hydrogens is 148 g/mol. The summed E-state index contributed by atoms with van der Waals surface area (Å²) in [7, 11) is 0. The molecule has 0 radical (unpaired) electrons. The molecule has 0 fully saturated rings. The van der Waals surface area contributed by atoms with Crippen LogP contribution in [0.25, 0.3) is 0 Å². The molecule has 0 unspecified atom stereocenters. The van der Waals surface area contributed by atoms with Gasteiger partial charge in [0.15, 0.2) is 0 Å². The van der Waals surface area contributed by atoms with Crippen molar-refractivity contribution < 1.29 is 4.74 Å². The van der Waals surface area contributed by atoms with Crippen LogP contribution in [0.5, 0.6) is 0 Å². The molecule has 0 aromatic heterocycles. The second-order valence-corrected chi connectivity index (χ2v) is 2.26. The van der Waals surface area contributed by atoms with Crippen molar-refractivity contribution in [3.63, 3.8) is 0 Å². The Kier molecular flexibility index (Phi) is 45.6. The summed E-state index contributed by atoms with van der Waals surface area (Å²) in [6.45, 7) is 14.2. The first kappa shape index (κ1) is 17.9. The Balaban J connectivity index is -0.000000137. The SMILES string of the molecule is CC.CCC.CCCCOCC. The zero-order valence-electron chi connectivity index (χ0n) is 9.94. The van der Waals surface area contributed by atoms with E-state index in [9.17, 15) is 0 Å². The van der Waals surface area contributed by atoms with Crippen LogP contribution in [0.3, 0.4) is 0 Å². The van der Waals surface area contributed by atoms with Crippen molar-refractivity contribution in [3.05, 3.63) is 0 Å². The standard InChI is InChI=1S/C6H14O.C3H8.C2H6/c1-3-5-6-7-4-2;1-3-2;1-2/h3-6H2,1-2H3;3H2,1-2H3;1-2H3. The number of ether oxygens (including phenoxy) is 1. The third kappa shape index (κ3) is 51.0. The molecule has 0 aliphatic rings. The van der Waals surface area contributed by atoms with Gasteiger partial charge in [-0.1, -0.05) is 47.5 Å². The van der Waals surface area contributed by atoms with Crippen molar-refractivity contribution in [2.24, 2.45) is 0 Å². The van der Waals surface area contributed by atoms with Crippen LogP contribution in [-0.2, 0) is 4.74 Å². The molecule has 12 heavy (non-hydrogen) atoms. The first-order valence-electron chi connectivity index (χ1n) is 5.41. The van der Waals surface area contributed by atoms with Crippen LogP contribution in [0.1, 0.15) is 60.8 Å². The predicted molar refractivity (Wildman–Crippen MR) is 58.7 cm³/mol. The van der Waals surface area contributed by atoms with Gasteiger partial charge >= 0.3 is 0 Å². The van der Waals surface area contributed by atoms with Crippen molar-refractivity contribution in [2.75, 3.05) is 13.2 Å². The van der Waals surface area contributed by atoms with Crippen LogP contribution in [0, 0.1) is 0 Å². The molecule has 0 amide bonds. The zero-order chi connectivity index (χ0) is 10.2. The molecule has 0 aliphatic carbocycles. The lowest BCUT2D eigenvalue weighted by molar-refractivity contribution is 0.144. The van der Waals surface area contributed by atoms with Crippen LogP contribution in [-0.4, -0.2) is 13.2 Å². The summed E-state index contributed by atoms with van der Waals surface area (Å²) in [5, 5.41) is 0. The van der Waals surface area contributed by atoms with Gasteiger partial charge in [0.2, 0.25) is 0 Å². The van der Waals surface area contributed by atoms with E-state index < -0.39 is 0 Å². The van der Waals surface area contributed by atoms with E-state index in [1.807, 2.05) is 20.8 Å². The largest absolute Gasteiger partial charge is 0.382 e. The average Bonchev–Trinajstić information content (AvgIpc) is 2.11. The Labute approximate surface area is 79.5 Å². The van der Waals surface area contributed by atoms with E-state index in [0.29, 0.717) is 0 Å². The lowest BCUT2D eigenvalue weighted by atomic mass is 10.4. The molecule has 0 rings (SSSR count). The van der Waals surface area contributed by atoms with E-state index >= 15 is 0 Å². The molecule has 0 spiro atoms. The van der Waals surface area contributed by atoms with Gasteiger partial charge in [-0.3, -0.25) is 0 Å². The number of hydrogen-bond acceptors (Lipinski definition) is 1. The quantitative estimate of drug-likeness (QED) is 0.581. The third-order valence-electron chi connectivity index (χ3n) is 0.846. The summed E-state index contributed by atoms with van der Waals surface area (Å²) in [5.74, 6) is 0. The van der Waals surface area contributed by atoms with Crippen molar-refractivity contribution >= 4 is 0 Å². The molecular formula is C11H28O. The summed E-state index contributed by atoms with van der Waals surface area (Å²) in [4.78, 5) is 0. The second-order valence-electron chi connectivity index (χ2n) is 2.26. The highest BCUT2D eigenvalue weighted by Crippen LogP contribution is 1.85. The highest BCUT2D eigenvalue weighted by molar-refractivity contribution is 4.28. The van der Waals surface area contributed by atoms with Crippen molar-refractivity contribution in [3.8, 4) is 0 Å². The monoisotopic (exact) mass is 176 g/mol. The highest BCUT2D eigenvalue weighted by atomic mass is 16.5. The minimum Gasteiger partial charge on any atom is -0.382 e. The Morgan fingerprint density at radius 2 is 1.33 bits per heavy atom. The van der Waals surface area contributed by atoms with Gasteiger partial charge in [-0.2, -0.15) is 0 Å². The topological polar surface area (TPSA) is 9.23 Å². The molecule has 0 saturated carbocycles. The van der Waals surface area contributed by atoms with Gasteiger partial charge in [0.05, 0.1) is 0 Å². The van der Waals surface area contributed by atoms with E-state index in [0.717, 1.165) is 13.2 Å². The van der Waals surface area contributed by atoms with Crippen LogP contribution in [0.2, 0.25) is 0 Å². The van der Waals surface area contributed by atoms with Gasteiger partial charge in [-0.05, 0) is 13.3 Å². The molecule has 0 heterocycles. The summed E-state index contributed by atoms with van der Waals surface area (Å²) >= 11 is 0. The maximum absolute atomic E-state index is 5.07. The Morgan fingerprint density at radius 1 is 0.917 bits per heavy atom. The molecule has 0 N–H and O–H groups in total. The van der Waals surface area contributed by atoms with Crippen LogP contribution >= 0.6 is 0 Å². The van der Waals surface area contributed by atoms with E-state index in [1.165, 1.54) is 19.3 Å². The molecule has 0 saturated heterocycles. The van der Waals surface area contributed by atoms with Crippen LogP contribution in [0.4, 0.5) is 0 Å². The normalized spacial score (nSPS) is 7.50. The van der Waals surface area contributed by atoms with Gasteiger partial charge in [0, 0.05) is 13.2 Å². The van der Waals surface area contributed by atoms with Crippen molar-refractivity contribution in [1.29, 1.82) is 0 Å². The van der Waals surface area contributed by atoms with Gasteiger partial charge < -0.3 is 4.74 Å². The number of rotatable bonds is 4. The fraction of sp³-hybridized carbons (Fsp3) is 1.00. The summed E-state index contributed by atoms with van der Waals surface area (Å²) in [6.07, 6.45) is 3.69. The Morgan fingerprint density at radius 3 is 1.58 bits per heavy atom. The van der Waals surface area contributed by atoms with E-state index in [4.69, 9.17) is 4.74 Å². The molecule has 1 heteroatoms. The zero-order valence-corrected chi connectivity index (χ0v) is 9.94. The Hall–Kier alpha value is -0.0400. The molecule has 1 nitrogen and oxygen atoms in total. The lowest BCUT2D eigenvalue weighted by Crippen LogP contribution is -1.90. The summed E-state index contributed by atoms with van der Waals surface area (Å²) < 4.78 is 5.07. The maximum Gasteiger partial charge on any atom is 0.0465 e. The van der Waals surface area contributed by atoms with Crippen molar-refractivity contribution in [2.45, 2.75) is 60.8 Å². The fourth-order valence-electron chi connectivity index (χ4n) is 0.391. The Bertz CT molecular complexity index is 32.0. The van der Waals surface area contributed by atoms with Crippen LogP contribution < -0.4 is 0 Å². The van der Waals surface area contributed by atoms with E-state index in [-0.39, 0.29) is 0 Å². The first-order chi connectivity index (χ1) is 5.83. The molecule has 0 bridgehead atoms. The fourth-order valence-corrected chi connectivity index (χ4v) is 0.391. The highest BCUT2D eigenvalue weighted by Gasteiger charge is 1.78. The van der Waals surface area contributed by atoms with Gasteiger partial charge in [0.1, 0.15) is 0 Å². The molecule has 0 aromatic rings. The van der Waals surface area contributed by atoms with Crippen LogP contribution in [0.15, 0.2) is 0 Å². The van der Waals surface area contributed by atoms with E-state index in [1.54, 1.807) is 0 Å². The maximum atomic E-state index is 5.07. The average molecular weight is 176 g/mol. The number of unbranched alkanes of at least 4 members (excludes halogenated alkanes) is 1. The third-order valence-corrected chi connectivity index (χ3v) is 0.846. The molecule has 0 atom stereocenters. The van der Waals surface area contributed by atoms with E-state index in [2.05, 4.69) is 20.8 Å².